The van der Waals surface area contributed by atoms with E-state index < -0.39 is 11.8 Å². The number of aryl methyl sites for hydroxylation is 1. The van der Waals surface area contributed by atoms with Gasteiger partial charge in [-0.05, 0) is 37.3 Å². The Kier molecular flexibility index (Phi) is 5.93. The zero-order chi connectivity index (χ0) is 22.5. The number of ether oxygens (including phenoxy) is 1. The number of benzene rings is 1. The molecule has 4 rings (SSSR count). The molecular formula is C22H20N6O4. The number of fused-ring (bicyclic) bond motifs is 1. The van der Waals surface area contributed by atoms with Crippen molar-refractivity contribution in [1.82, 2.24) is 30.0 Å². The molecule has 0 fully saturated rings. The first-order chi connectivity index (χ1) is 15.5. The number of hydrogen-bond donors (Lipinski definition) is 2. The van der Waals surface area contributed by atoms with Crippen LogP contribution in [0.5, 0.6) is 5.75 Å². The van der Waals surface area contributed by atoms with Crippen LogP contribution in [-0.2, 0) is 6.54 Å². The molecule has 32 heavy (non-hydrogen) atoms. The summed E-state index contributed by atoms with van der Waals surface area (Å²) in [5.41, 5.74) is 5.73. The number of nitrogens with zero attached hydrogens (tertiary/aromatic N) is 4. The minimum atomic E-state index is -0.664. The van der Waals surface area contributed by atoms with E-state index in [1.54, 1.807) is 41.8 Å². The second-order valence-electron chi connectivity index (χ2n) is 6.82. The summed E-state index contributed by atoms with van der Waals surface area (Å²) in [5.74, 6) is -0.526. The first-order valence-corrected chi connectivity index (χ1v) is 9.83. The second-order valence-corrected chi connectivity index (χ2v) is 6.82. The lowest BCUT2D eigenvalue weighted by atomic mass is 10.3. The van der Waals surface area contributed by atoms with Crippen molar-refractivity contribution in [3.05, 3.63) is 94.3 Å². The molecule has 0 saturated heterocycles. The number of hydrazine groups is 1. The molecular weight excluding hydrogens is 412 g/mol. The standard InChI is InChI=1S/C22H20N6O4/c1-15-20(27-12-6-5-9-18(27)23-15)22(31)25-24-21(30)17-10-11-19(29)28(26-17)13-14-32-16-7-3-2-4-8-16/h2-12H,13-14H2,1H3,(H,24,30)(H,25,31). The number of hydrogen-bond acceptors (Lipinski definition) is 6. The van der Waals surface area contributed by atoms with Gasteiger partial charge in [0.25, 0.3) is 17.4 Å². The highest BCUT2D eigenvalue weighted by atomic mass is 16.5. The van der Waals surface area contributed by atoms with E-state index in [1.165, 1.54) is 12.1 Å². The van der Waals surface area contributed by atoms with Gasteiger partial charge < -0.3 is 4.74 Å². The Hall–Kier alpha value is -4.47. The van der Waals surface area contributed by atoms with Crippen LogP contribution in [0.15, 0.2) is 71.7 Å². The number of carbonyl (C=O) groups is 2. The number of amides is 2. The Morgan fingerprint density at radius 3 is 2.53 bits per heavy atom. The topological polar surface area (TPSA) is 120 Å². The molecule has 2 amide bonds. The van der Waals surface area contributed by atoms with Gasteiger partial charge in [-0.25, -0.2) is 9.67 Å². The average molecular weight is 432 g/mol. The van der Waals surface area contributed by atoms with Gasteiger partial charge in [-0.3, -0.25) is 29.6 Å². The van der Waals surface area contributed by atoms with Gasteiger partial charge in [0.05, 0.1) is 12.2 Å². The summed E-state index contributed by atoms with van der Waals surface area (Å²) in [6.07, 6.45) is 1.71. The van der Waals surface area contributed by atoms with Crippen molar-refractivity contribution in [2.45, 2.75) is 13.5 Å². The van der Waals surface area contributed by atoms with E-state index in [9.17, 15) is 14.4 Å². The lowest BCUT2D eigenvalue weighted by Gasteiger charge is -2.10. The third-order valence-electron chi connectivity index (χ3n) is 4.62. The molecule has 162 valence electrons. The summed E-state index contributed by atoms with van der Waals surface area (Å²) in [4.78, 5) is 41.4. The Balaban J connectivity index is 1.40. The van der Waals surface area contributed by atoms with Gasteiger partial charge in [-0.2, -0.15) is 5.10 Å². The molecule has 0 aliphatic rings. The number of pyridine rings is 1. The molecule has 1 aromatic carbocycles. The SMILES string of the molecule is Cc1nc2ccccn2c1C(=O)NNC(=O)c1ccc(=O)n(CCOc2ccccc2)n1. The van der Waals surface area contributed by atoms with Crippen molar-refractivity contribution in [2.75, 3.05) is 6.61 Å². The van der Waals surface area contributed by atoms with Crippen LogP contribution < -0.4 is 21.1 Å². The lowest BCUT2D eigenvalue weighted by molar-refractivity contribution is 0.0838. The normalized spacial score (nSPS) is 10.7. The fourth-order valence-corrected chi connectivity index (χ4v) is 3.12. The van der Waals surface area contributed by atoms with Gasteiger partial charge in [0, 0.05) is 12.3 Å². The predicted octanol–water partition coefficient (Wildman–Crippen LogP) is 1.35. The van der Waals surface area contributed by atoms with E-state index in [0.717, 1.165) is 4.68 Å². The van der Waals surface area contributed by atoms with Crippen molar-refractivity contribution < 1.29 is 14.3 Å². The van der Waals surface area contributed by atoms with E-state index in [-0.39, 0.29) is 24.4 Å². The molecule has 0 aliphatic heterocycles. The summed E-state index contributed by atoms with van der Waals surface area (Å²) in [6.45, 7) is 2.06. The van der Waals surface area contributed by atoms with Crippen LogP contribution in [0.2, 0.25) is 0 Å². The molecule has 0 unspecified atom stereocenters. The third kappa shape index (κ3) is 4.48. The first-order valence-electron chi connectivity index (χ1n) is 9.83. The predicted molar refractivity (Wildman–Crippen MR) is 115 cm³/mol. The van der Waals surface area contributed by atoms with Crippen LogP contribution in [0.3, 0.4) is 0 Å². The van der Waals surface area contributed by atoms with Crippen LogP contribution in [0.4, 0.5) is 0 Å². The molecule has 0 bridgehead atoms. The fraction of sp³-hybridized carbons (Fsp3) is 0.136. The van der Waals surface area contributed by atoms with Gasteiger partial charge in [0.1, 0.15) is 23.7 Å². The van der Waals surface area contributed by atoms with E-state index in [4.69, 9.17) is 4.74 Å². The molecule has 3 heterocycles. The van der Waals surface area contributed by atoms with Gasteiger partial charge >= 0.3 is 0 Å². The smallest absolute Gasteiger partial charge is 0.290 e. The zero-order valence-corrected chi connectivity index (χ0v) is 17.2. The number of carbonyl (C=O) groups excluding carboxylic acids is 2. The van der Waals surface area contributed by atoms with Crippen molar-refractivity contribution in [2.24, 2.45) is 0 Å². The van der Waals surface area contributed by atoms with Gasteiger partial charge in [0.2, 0.25) is 0 Å². The second kappa shape index (κ2) is 9.13. The van der Waals surface area contributed by atoms with Crippen molar-refractivity contribution in [3.8, 4) is 5.75 Å². The molecule has 10 nitrogen and oxygen atoms in total. The fourth-order valence-electron chi connectivity index (χ4n) is 3.12. The van der Waals surface area contributed by atoms with Crippen LogP contribution in [0.1, 0.15) is 26.7 Å². The molecule has 3 aromatic heterocycles. The van der Waals surface area contributed by atoms with E-state index in [1.807, 2.05) is 24.3 Å². The molecule has 2 N–H and O–H groups in total. The molecule has 0 saturated carbocycles. The molecule has 0 radical (unpaired) electrons. The Morgan fingerprint density at radius 2 is 1.72 bits per heavy atom. The highest BCUT2D eigenvalue weighted by molar-refractivity contribution is 5.98. The number of para-hydroxylation sites is 1. The largest absolute Gasteiger partial charge is 0.492 e. The zero-order valence-electron chi connectivity index (χ0n) is 17.2. The lowest BCUT2D eigenvalue weighted by Crippen LogP contribution is -2.43. The Bertz CT molecular complexity index is 1330. The molecule has 4 aromatic rings. The van der Waals surface area contributed by atoms with Gasteiger partial charge in [-0.15, -0.1) is 0 Å². The number of nitrogens with one attached hydrogen (secondary N) is 2. The van der Waals surface area contributed by atoms with Gasteiger partial charge in [0.15, 0.2) is 5.69 Å². The van der Waals surface area contributed by atoms with Crippen LogP contribution in [-0.4, -0.2) is 37.6 Å². The van der Waals surface area contributed by atoms with Crippen LogP contribution in [0.25, 0.3) is 5.65 Å². The maximum atomic E-state index is 12.6. The minimum Gasteiger partial charge on any atom is -0.492 e. The number of imidazole rings is 1. The summed E-state index contributed by atoms with van der Waals surface area (Å²) in [7, 11) is 0. The molecule has 0 spiro atoms. The summed E-state index contributed by atoms with van der Waals surface area (Å²) >= 11 is 0. The minimum absolute atomic E-state index is 0.0283. The van der Waals surface area contributed by atoms with Crippen molar-refractivity contribution >= 4 is 17.5 Å². The summed E-state index contributed by atoms with van der Waals surface area (Å²) in [5, 5.41) is 4.05. The quantitative estimate of drug-likeness (QED) is 0.444. The van der Waals surface area contributed by atoms with E-state index >= 15 is 0 Å². The number of aromatic nitrogens is 4. The molecule has 0 aliphatic carbocycles. The van der Waals surface area contributed by atoms with Crippen LogP contribution in [0, 0.1) is 6.92 Å². The highest BCUT2D eigenvalue weighted by Gasteiger charge is 2.18. The maximum Gasteiger partial charge on any atom is 0.290 e. The van der Waals surface area contributed by atoms with Crippen molar-refractivity contribution in [3.63, 3.8) is 0 Å². The molecule has 0 atom stereocenters. The Morgan fingerprint density at radius 1 is 0.969 bits per heavy atom. The maximum absolute atomic E-state index is 12.6. The Labute approximate surface area is 182 Å². The molecule has 10 heteroatoms. The van der Waals surface area contributed by atoms with E-state index in [2.05, 4.69) is 20.9 Å². The summed E-state index contributed by atoms with van der Waals surface area (Å²) < 4.78 is 8.33. The monoisotopic (exact) mass is 432 g/mol. The third-order valence-corrected chi connectivity index (χ3v) is 4.62. The average Bonchev–Trinajstić information content (AvgIpc) is 3.15. The van der Waals surface area contributed by atoms with Crippen LogP contribution >= 0.6 is 0 Å². The number of rotatable bonds is 6. The first kappa shape index (κ1) is 20.8. The van der Waals surface area contributed by atoms with E-state index in [0.29, 0.717) is 22.8 Å². The summed E-state index contributed by atoms with van der Waals surface area (Å²) in [6, 6.07) is 17.0. The highest BCUT2D eigenvalue weighted by Crippen LogP contribution is 2.11. The van der Waals surface area contributed by atoms with Gasteiger partial charge in [-0.1, -0.05) is 24.3 Å². The van der Waals surface area contributed by atoms with Crippen molar-refractivity contribution in [1.29, 1.82) is 0 Å².